The van der Waals surface area contributed by atoms with E-state index in [2.05, 4.69) is 47.3 Å². The zero-order chi connectivity index (χ0) is 11.1. The Morgan fingerprint density at radius 3 is 2.60 bits per heavy atom. The average molecular weight is 291 g/mol. The maximum absolute atomic E-state index is 5.80. The van der Waals surface area contributed by atoms with Gasteiger partial charge in [-0.25, -0.2) is 0 Å². The van der Waals surface area contributed by atoms with Crippen LogP contribution < -0.4 is 0 Å². The van der Waals surface area contributed by atoms with Gasteiger partial charge >= 0.3 is 0 Å². The lowest BCUT2D eigenvalue weighted by Gasteiger charge is -2.28. The fourth-order valence-electron chi connectivity index (χ4n) is 1.44. The molecule has 0 fully saturated rings. The van der Waals surface area contributed by atoms with Gasteiger partial charge in [0.1, 0.15) is 0 Å². The van der Waals surface area contributed by atoms with Gasteiger partial charge in [-0.1, -0.05) is 35.8 Å². The van der Waals surface area contributed by atoms with E-state index in [4.69, 9.17) is 4.74 Å². The Bertz CT molecular complexity index is 246. The molecule has 15 heavy (non-hydrogen) atoms. The summed E-state index contributed by atoms with van der Waals surface area (Å²) in [5.41, 5.74) is 0.317. The maximum Gasteiger partial charge on any atom is 0.0809 e. The summed E-state index contributed by atoms with van der Waals surface area (Å²) in [6, 6.07) is 4.19. The van der Waals surface area contributed by atoms with E-state index in [9.17, 15) is 0 Å². The van der Waals surface area contributed by atoms with Crippen LogP contribution in [0.15, 0.2) is 17.5 Å². The molecule has 1 heterocycles. The molecule has 0 aliphatic carbocycles. The topological polar surface area (TPSA) is 9.23 Å². The van der Waals surface area contributed by atoms with E-state index in [1.165, 1.54) is 17.7 Å². The van der Waals surface area contributed by atoms with Crippen molar-refractivity contribution in [3.8, 4) is 0 Å². The third kappa shape index (κ3) is 3.89. The second-order valence-corrected chi connectivity index (χ2v) is 5.51. The van der Waals surface area contributed by atoms with Crippen molar-refractivity contribution in [3.63, 3.8) is 0 Å². The second-order valence-electron chi connectivity index (χ2n) is 3.91. The van der Waals surface area contributed by atoms with Crippen molar-refractivity contribution < 1.29 is 4.74 Å². The van der Waals surface area contributed by atoms with Crippen molar-refractivity contribution >= 4 is 27.3 Å². The predicted molar refractivity (Wildman–Crippen MR) is 70.8 cm³/mol. The highest BCUT2D eigenvalue weighted by Gasteiger charge is 2.24. The highest BCUT2D eigenvalue weighted by Crippen LogP contribution is 2.29. The Labute approximate surface area is 105 Å². The van der Waals surface area contributed by atoms with Crippen molar-refractivity contribution in [3.05, 3.63) is 22.4 Å². The molecule has 0 unspecified atom stereocenters. The number of hydrogen-bond acceptors (Lipinski definition) is 2. The van der Waals surface area contributed by atoms with Gasteiger partial charge in [0.15, 0.2) is 0 Å². The third-order valence-corrected chi connectivity index (χ3v) is 5.06. The molecule has 0 bridgehead atoms. The number of halogens is 1. The number of rotatable bonds is 7. The highest BCUT2D eigenvalue weighted by molar-refractivity contribution is 9.09. The Morgan fingerprint density at radius 2 is 2.13 bits per heavy atom. The van der Waals surface area contributed by atoms with Crippen LogP contribution in [0, 0.1) is 5.41 Å². The molecule has 1 aromatic heterocycles. The summed E-state index contributed by atoms with van der Waals surface area (Å²) in [6.07, 6.45) is 2.33. The molecule has 1 nitrogen and oxygen atoms in total. The highest BCUT2D eigenvalue weighted by atomic mass is 79.9. The van der Waals surface area contributed by atoms with Crippen LogP contribution in [-0.4, -0.2) is 11.9 Å². The van der Waals surface area contributed by atoms with Gasteiger partial charge in [-0.3, -0.25) is 0 Å². The van der Waals surface area contributed by atoms with Gasteiger partial charge in [0.2, 0.25) is 0 Å². The molecule has 0 aliphatic rings. The van der Waals surface area contributed by atoms with Gasteiger partial charge < -0.3 is 4.74 Å². The first-order valence-electron chi connectivity index (χ1n) is 5.42. The van der Waals surface area contributed by atoms with Crippen LogP contribution in [0.3, 0.4) is 0 Å². The fourth-order valence-corrected chi connectivity index (χ4v) is 3.04. The molecule has 0 aromatic carbocycles. The molecule has 0 amide bonds. The molecule has 0 atom stereocenters. The van der Waals surface area contributed by atoms with Gasteiger partial charge in [0.25, 0.3) is 0 Å². The van der Waals surface area contributed by atoms with Gasteiger partial charge in [-0.05, 0) is 24.3 Å². The van der Waals surface area contributed by atoms with Gasteiger partial charge in [-0.2, -0.15) is 0 Å². The van der Waals surface area contributed by atoms with Gasteiger partial charge in [0, 0.05) is 15.6 Å². The molecule has 86 valence electrons. The largest absolute Gasteiger partial charge is 0.375 e. The number of hydrogen-bond donors (Lipinski definition) is 0. The Kier molecular flexibility index (Phi) is 5.87. The molecular weight excluding hydrogens is 272 g/mol. The predicted octanol–water partition coefficient (Wildman–Crippen LogP) is 4.47. The Morgan fingerprint density at radius 1 is 1.40 bits per heavy atom. The van der Waals surface area contributed by atoms with Crippen LogP contribution in [-0.2, 0) is 11.3 Å². The van der Waals surface area contributed by atoms with Crippen LogP contribution >= 0.6 is 27.3 Å². The van der Waals surface area contributed by atoms with Crippen molar-refractivity contribution in [2.75, 3.05) is 11.9 Å². The smallest absolute Gasteiger partial charge is 0.0809 e. The zero-order valence-corrected chi connectivity index (χ0v) is 11.9. The van der Waals surface area contributed by atoms with E-state index < -0.39 is 0 Å². The lowest BCUT2D eigenvalue weighted by atomic mass is 9.86. The summed E-state index contributed by atoms with van der Waals surface area (Å²) in [6.45, 7) is 6.08. The minimum absolute atomic E-state index is 0.317. The number of alkyl halides is 1. The monoisotopic (exact) mass is 290 g/mol. The van der Waals surface area contributed by atoms with Crippen LogP contribution in [0.4, 0.5) is 0 Å². The van der Waals surface area contributed by atoms with Crippen molar-refractivity contribution in [2.45, 2.75) is 33.3 Å². The van der Waals surface area contributed by atoms with E-state index in [1.54, 1.807) is 11.3 Å². The zero-order valence-electron chi connectivity index (χ0n) is 9.46. The molecule has 0 spiro atoms. The van der Waals surface area contributed by atoms with E-state index in [0.29, 0.717) is 5.41 Å². The molecule has 0 N–H and O–H groups in total. The maximum atomic E-state index is 5.80. The summed E-state index contributed by atoms with van der Waals surface area (Å²) in [7, 11) is 0. The fraction of sp³-hybridized carbons (Fsp3) is 0.667. The SMILES string of the molecule is CCC(CC)(CBr)COCc1cccs1. The lowest BCUT2D eigenvalue weighted by molar-refractivity contribution is 0.0426. The van der Waals surface area contributed by atoms with Crippen LogP contribution in [0.1, 0.15) is 31.6 Å². The standard InChI is InChI=1S/C12H19BrOS/c1-3-12(4-2,9-13)10-14-8-11-6-5-7-15-11/h5-7H,3-4,8-10H2,1-2H3. The number of ether oxygens (including phenoxy) is 1. The van der Waals surface area contributed by atoms with Crippen molar-refractivity contribution in [1.82, 2.24) is 0 Å². The van der Waals surface area contributed by atoms with Crippen molar-refractivity contribution in [1.29, 1.82) is 0 Å². The summed E-state index contributed by atoms with van der Waals surface area (Å²) in [5.74, 6) is 0. The molecular formula is C12H19BrOS. The summed E-state index contributed by atoms with van der Waals surface area (Å²) >= 11 is 5.35. The minimum atomic E-state index is 0.317. The molecule has 0 saturated heterocycles. The Balaban J connectivity index is 2.34. The third-order valence-electron chi connectivity index (χ3n) is 3.02. The molecule has 0 radical (unpaired) electrons. The van der Waals surface area contributed by atoms with Gasteiger partial charge in [-0.15, -0.1) is 11.3 Å². The first kappa shape index (κ1) is 13.2. The van der Waals surface area contributed by atoms with Crippen LogP contribution in [0.5, 0.6) is 0 Å². The molecule has 1 aromatic rings. The minimum Gasteiger partial charge on any atom is -0.375 e. The summed E-state index contributed by atoms with van der Waals surface area (Å²) in [5, 5.41) is 3.12. The molecule has 1 rings (SSSR count). The molecule has 0 saturated carbocycles. The quantitative estimate of drug-likeness (QED) is 0.674. The normalized spacial score (nSPS) is 11.9. The Hall–Kier alpha value is 0.140. The van der Waals surface area contributed by atoms with E-state index in [-0.39, 0.29) is 0 Å². The molecule has 0 aliphatic heterocycles. The van der Waals surface area contributed by atoms with E-state index in [0.717, 1.165) is 18.5 Å². The second kappa shape index (κ2) is 6.66. The summed E-state index contributed by atoms with van der Waals surface area (Å²) in [4.78, 5) is 1.31. The van der Waals surface area contributed by atoms with Crippen molar-refractivity contribution in [2.24, 2.45) is 5.41 Å². The number of thiophene rings is 1. The summed E-state index contributed by atoms with van der Waals surface area (Å²) < 4.78 is 5.80. The lowest BCUT2D eigenvalue weighted by Crippen LogP contribution is -2.27. The first-order valence-corrected chi connectivity index (χ1v) is 7.42. The average Bonchev–Trinajstić information content (AvgIpc) is 2.78. The van der Waals surface area contributed by atoms with E-state index >= 15 is 0 Å². The van der Waals surface area contributed by atoms with E-state index in [1.807, 2.05) is 0 Å². The van der Waals surface area contributed by atoms with Crippen LogP contribution in [0.2, 0.25) is 0 Å². The van der Waals surface area contributed by atoms with Gasteiger partial charge in [0.05, 0.1) is 13.2 Å². The van der Waals surface area contributed by atoms with Crippen LogP contribution in [0.25, 0.3) is 0 Å². The molecule has 3 heteroatoms. The first-order chi connectivity index (χ1) is 7.26.